The second kappa shape index (κ2) is 8.44. The van der Waals surface area contributed by atoms with Crippen LogP contribution in [0.15, 0.2) is 24.3 Å². The van der Waals surface area contributed by atoms with Crippen LogP contribution in [0, 0.1) is 12.7 Å². The minimum atomic E-state index is -0.413. The zero-order valence-corrected chi connectivity index (χ0v) is 18.1. The topological polar surface area (TPSA) is 93.4 Å². The monoisotopic (exact) mass is 438 g/mol. The summed E-state index contributed by atoms with van der Waals surface area (Å²) < 4.78 is 19.6. The fourth-order valence-corrected chi connectivity index (χ4v) is 4.84. The SMILES string of the molecule is Cc1[nH]c2c(c1C(=O)NCCN1CCOCC1)CCC=C2c1c(O)[nH]c2c(F)cccc12. The Hall–Kier alpha value is -3.10. The van der Waals surface area contributed by atoms with Gasteiger partial charge in [0.2, 0.25) is 0 Å². The summed E-state index contributed by atoms with van der Waals surface area (Å²) in [6.45, 7) is 6.50. The lowest BCUT2D eigenvalue weighted by atomic mass is 9.89. The number of hydrogen-bond donors (Lipinski definition) is 4. The van der Waals surface area contributed by atoms with E-state index < -0.39 is 5.82 Å². The number of morpholine rings is 1. The molecule has 2 aliphatic rings. The maximum atomic E-state index is 14.2. The number of nitrogens with zero attached hydrogens (tertiary/aromatic N) is 1. The van der Waals surface area contributed by atoms with Gasteiger partial charge in [-0.15, -0.1) is 0 Å². The average molecular weight is 439 g/mol. The van der Waals surface area contributed by atoms with Crippen LogP contribution < -0.4 is 5.32 Å². The number of benzene rings is 1. The van der Waals surface area contributed by atoms with Crippen LogP contribution in [0.4, 0.5) is 4.39 Å². The number of hydrogen-bond acceptors (Lipinski definition) is 4. The summed E-state index contributed by atoms with van der Waals surface area (Å²) in [7, 11) is 0. The van der Waals surface area contributed by atoms with Crippen LogP contribution in [0.2, 0.25) is 0 Å². The fraction of sp³-hybridized carbons (Fsp3) is 0.375. The molecule has 1 aromatic carbocycles. The number of carbonyl (C=O) groups is 1. The number of fused-ring (bicyclic) bond motifs is 2. The van der Waals surface area contributed by atoms with Crippen molar-refractivity contribution in [1.82, 2.24) is 20.2 Å². The zero-order valence-electron chi connectivity index (χ0n) is 18.1. The van der Waals surface area contributed by atoms with Gasteiger partial charge in [0.05, 0.1) is 35.6 Å². The lowest BCUT2D eigenvalue weighted by molar-refractivity contribution is 0.0383. The van der Waals surface area contributed by atoms with Crippen LogP contribution in [0.1, 0.15) is 39.3 Å². The molecule has 7 nitrogen and oxygen atoms in total. The van der Waals surface area contributed by atoms with E-state index in [4.69, 9.17) is 4.74 Å². The average Bonchev–Trinajstić information content (AvgIpc) is 3.31. The molecule has 0 bridgehead atoms. The molecule has 2 aromatic heterocycles. The highest BCUT2D eigenvalue weighted by molar-refractivity contribution is 6.03. The van der Waals surface area contributed by atoms with E-state index in [-0.39, 0.29) is 17.3 Å². The van der Waals surface area contributed by atoms with E-state index in [1.54, 1.807) is 12.1 Å². The van der Waals surface area contributed by atoms with Crippen molar-refractivity contribution in [3.05, 3.63) is 58.2 Å². The van der Waals surface area contributed by atoms with Gasteiger partial charge in [0, 0.05) is 42.8 Å². The number of rotatable bonds is 5. The van der Waals surface area contributed by atoms with Crippen molar-refractivity contribution in [3.8, 4) is 5.88 Å². The van der Waals surface area contributed by atoms with Gasteiger partial charge in [-0.1, -0.05) is 18.2 Å². The van der Waals surface area contributed by atoms with Crippen molar-refractivity contribution in [3.63, 3.8) is 0 Å². The normalized spacial score (nSPS) is 16.8. The molecule has 0 spiro atoms. The van der Waals surface area contributed by atoms with Crippen molar-refractivity contribution >= 4 is 22.4 Å². The predicted octanol–water partition coefficient (Wildman–Crippen LogP) is 3.09. The van der Waals surface area contributed by atoms with Crippen molar-refractivity contribution in [1.29, 1.82) is 0 Å². The number of allylic oxidation sites excluding steroid dienone is 1. The summed E-state index contributed by atoms with van der Waals surface area (Å²) >= 11 is 0. The highest BCUT2D eigenvalue weighted by Crippen LogP contribution is 2.41. The smallest absolute Gasteiger partial charge is 0.253 e. The number of para-hydroxylation sites is 1. The van der Waals surface area contributed by atoms with E-state index in [1.165, 1.54) is 6.07 Å². The Balaban J connectivity index is 1.42. The summed E-state index contributed by atoms with van der Waals surface area (Å²) in [4.78, 5) is 21.5. The number of H-pyrrole nitrogens is 2. The predicted molar refractivity (Wildman–Crippen MR) is 120 cm³/mol. The number of amides is 1. The lowest BCUT2D eigenvalue weighted by Crippen LogP contribution is -2.41. The van der Waals surface area contributed by atoms with Gasteiger partial charge in [0.25, 0.3) is 5.91 Å². The molecular weight excluding hydrogens is 411 g/mol. The quantitative estimate of drug-likeness (QED) is 0.493. The molecule has 1 aliphatic heterocycles. The minimum Gasteiger partial charge on any atom is -0.494 e. The number of nitrogens with one attached hydrogen (secondary N) is 3. The number of aromatic amines is 2. The van der Waals surface area contributed by atoms with Gasteiger partial charge in [-0.05, 0) is 31.4 Å². The van der Waals surface area contributed by atoms with Gasteiger partial charge in [0.1, 0.15) is 5.82 Å². The molecule has 0 radical (unpaired) electrons. The van der Waals surface area contributed by atoms with E-state index in [1.807, 2.05) is 13.0 Å². The minimum absolute atomic E-state index is 0.0760. The highest BCUT2D eigenvalue weighted by Gasteiger charge is 2.28. The Morgan fingerprint density at radius 2 is 2.09 bits per heavy atom. The lowest BCUT2D eigenvalue weighted by Gasteiger charge is -2.26. The van der Waals surface area contributed by atoms with Crippen molar-refractivity contribution in [2.75, 3.05) is 39.4 Å². The zero-order chi connectivity index (χ0) is 22.2. The molecule has 4 N–H and O–H groups in total. The van der Waals surface area contributed by atoms with E-state index in [9.17, 15) is 14.3 Å². The molecule has 0 unspecified atom stereocenters. The Morgan fingerprint density at radius 3 is 2.91 bits per heavy atom. The van der Waals surface area contributed by atoms with E-state index in [2.05, 4.69) is 20.2 Å². The number of aromatic hydroxyl groups is 1. The first kappa shape index (κ1) is 20.8. The number of aryl methyl sites for hydroxylation is 1. The first-order chi connectivity index (χ1) is 15.5. The van der Waals surface area contributed by atoms with Crippen LogP contribution in [-0.2, 0) is 11.2 Å². The Kier molecular flexibility index (Phi) is 5.48. The molecule has 1 aliphatic carbocycles. The molecule has 8 heteroatoms. The molecule has 168 valence electrons. The molecular formula is C24H27FN4O3. The van der Waals surface area contributed by atoms with Crippen molar-refractivity contribution in [2.45, 2.75) is 19.8 Å². The fourth-order valence-electron chi connectivity index (χ4n) is 4.84. The molecule has 32 heavy (non-hydrogen) atoms. The number of halogens is 1. The number of aromatic nitrogens is 2. The third kappa shape index (κ3) is 3.59. The largest absolute Gasteiger partial charge is 0.494 e. The molecule has 1 fully saturated rings. The molecule has 0 atom stereocenters. The Labute approximate surface area is 185 Å². The number of carbonyl (C=O) groups excluding carboxylic acids is 1. The molecule has 1 amide bonds. The van der Waals surface area contributed by atoms with Crippen LogP contribution >= 0.6 is 0 Å². The first-order valence-corrected chi connectivity index (χ1v) is 11.0. The van der Waals surface area contributed by atoms with Crippen LogP contribution in [-0.4, -0.2) is 65.3 Å². The number of ether oxygens (including phenoxy) is 1. The first-order valence-electron chi connectivity index (χ1n) is 11.0. The third-order valence-electron chi connectivity index (χ3n) is 6.38. The van der Waals surface area contributed by atoms with Crippen molar-refractivity contribution < 1.29 is 19.0 Å². The summed E-state index contributed by atoms with van der Waals surface area (Å²) in [5.74, 6) is -0.583. The Bertz CT molecular complexity index is 1200. The van der Waals surface area contributed by atoms with Crippen LogP contribution in [0.25, 0.3) is 16.5 Å². The van der Waals surface area contributed by atoms with E-state index in [0.29, 0.717) is 23.1 Å². The summed E-state index contributed by atoms with van der Waals surface area (Å²) in [6.07, 6.45) is 3.49. The van der Waals surface area contributed by atoms with Gasteiger partial charge in [0.15, 0.2) is 5.88 Å². The summed E-state index contributed by atoms with van der Waals surface area (Å²) in [5.41, 5.74) is 4.83. The summed E-state index contributed by atoms with van der Waals surface area (Å²) in [6, 6.07) is 4.78. The van der Waals surface area contributed by atoms with Crippen LogP contribution in [0.3, 0.4) is 0 Å². The molecule has 1 saturated heterocycles. The van der Waals surface area contributed by atoms with Gasteiger partial charge in [-0.2, -0.15) is 0 Å². The van der Waals surface area contributed by atoms with Gasteiger partial charge >= 0.3 is 0 Å². The van der Waals surface area contributed by atoms with Gasteiger partial charge in [-0.25, -0.2) is 4.39 Å². The van der Waals surface area contributed by atoms with Crippen LogP contribution in [0.5, 0.6) is 5.88 Å². The second-order valence-electron chi connectivity index (χ2n) is 8.36. The Morgan fingerprint density at radius 1 is 1.28 bits per heavy atom. The molecule has 3 aromatic rings. The molecule has 0 saturated carbocycles. The standard InChI is InChI=1S/C24H27FN4O3/c1-14-19(23(30)26-8-9-29-10-12-32-13-11-29)15-4-2-5-16(21(15)27-14)20-17-6-3-7-18(25)22(17)28-24(20)31/h3,5-7,27-28,31H,2,4,8-13H2,1H3,(H,26,30). The maximum absolute atomic E-state index is 14.2. The second-order valence-corrected chi connectivity index (χ2v) is 8.36. The van der Waals surface area contributed by atoms with E-state index in [0.717, 1.165) is 68.2 Å². The summed E-state index contributed by atoms with van der Waals surface area (Å²) in [5, 5.41) is 14.3. The third-order valence-corrected chi connectivity index (χ3v) is 6.38. The van der Waals surface area contributed by atoms with Gasteiger partial charge in [-0.3, -0.25) is 9.69 Å². The maximum Gasteiger partial charge on any atom is 0.253 e. The molecule has 5 rings (SSSR count). The van der Waals surface area contributed by atoms with E-state index >= 15 is 0 Å². The highest BCUT2D eigenvalue weighted by atomic mass is 19.1. The molecule has 3 heterocycles. The van der Waals surface area contributed by atoms with Crippen molar-refractivity contribution in [2.24, 2.45) is 0 Å². The van der Waals surface area contributed by atoms with Gasteiger partial charge < -0.3 is 25.1 Å².